The standard InChI is InChI=1S/C21H30N4O3/c1-24(2)17-9-7-15(8-10-17)20(25(3)4)14-22-21(26)23-16-11-18(27-5)13-19(12-16)28-6/h7-13,20H,14H2,1-6H3,(H2,22,23,26). The summed E-state index contributed by atoms with van der Waals surface area (Å²) in [7, 11) is 11.2. The van der Waals surface area contributed by atoms with Crippen molar-refractivity contribution in [3.05, 3.63) is 48.0 Å². The first-order chi connectivity index (χ1) is 13.3. The molecule has 0 radical (unpaired) electrons. The third-order valence-corrected chi connectivity index (χ3v) is 4.48. The van der Waals surface area contributed by atoms with E-state index in [1.165, 1.54) is 0 Å². The number of hydrogen-bond donors (Lipinski definition) is 2. The maximum Gasteiger partial charge on any atom is 0.319 e. The van der Waals surface area contributed by atoms with Gasteiger partial charge in [0.15, 0.2) is 0 Å². The van der Waals surface area contributed by atoms with Crippen LogP contribution in [0.1, 0.15) is 11.6 Å². The lowest BCUT2D eigenvalue weighted by atomic mass is 10.1. The van der Waals surface area contributed by atoms with Crippen LogP contribution in [-0.4, -0.2) is 59.9 Å². The Labute approximate surface area is 167 Å². The molecule has 0 saturated carbocycles. The summed E-state index contributed by atoms with van der Waals surface area (Å²) in [6.45, 7) is 0.473. The Morgan fingerprint density at radius 2 is 1.54 bits per heavy atom. The number of nitrogens with one attached hydrogen (secondary N) is 2. The summed E-state index contributed by atoms with van der Waals surface area (Å²) < 4.78 is 10.5. The van der Waals surface area contributed by atoms with Gasteiger partial charge in [0.05, 0.1) is 20.3 Å². The molecule has 0 aliphatic heterocycles. The molecule has 0 saturated heterocycles. The van der Waals surface area contributed by atoms with Gasteiger partial charge in [0.25, 0.3) is 0 Å². The Balaban J connectivity index is 2.02. The zero-order valence-corrected chi connectivity index (χ0v) is 17.4. The second-order valence-electron chi connectivity index (χ2n) is 6.90. The number of ether oxygens (including phenoxy) is 2. The van der Waals surface area contributed by atoms with Crippen LogP contribution in [0.4, 0.5) is 16.2 Å². The van der Waals surface area contributed by atoms with Crippen LogP contribution in [0.25, 0.3) is 0 Å². The van der Waals surface area contributed by atoms with E-state index in [0.29, 0.717) is 23.7 Å². The first-order valence-electron chi connectivity index (χ1n) is 9.05. The molecule has 1 atom stereocenters. The Morgan fingerprint density at radius 3 is 2.00 bits per heavy atom. The molecule has 0 fully saturated rings. The van der Waals surface area contributed by atoms with Gasteiger partial charge in [-0.3, -0.25) is 0 Å². The minimum atomic E-state index is -0.285. The third-order valence-electron chi connectivity index (χ3n) is 4.48. The molecule has 7 heteroatoms. The molecule has 28 heavy (non-hydrogen) atoms. The number of hydrogen-bond acceptors (Lipinski definition) is 5. The number of rotatable bonds is 8. The van der Waals surface area contributed by atoms with Crippen molar-refractivity contribution in [1.29, 1.82) is 0 Å². The molecule has 152 valence electrons. The molecule has 2 rings (SSSR count). The Morgan fingerprint density at radius 1 is 0.964 bits per heavy atom. The number of nitrogens with zero attached hydrogens (tertiary/aromatic N) is 2. The predicted octanol–water partition coefficient (Wildman–Crippen LogP) is 3.19. The van der Waals surface area contributed by atoms with Crippen LogP contribution >= 0.6 is 0 Å². The number of amides is 2. The summed E-state index contributed by atoms with van der Waals surface area (Å²) >= 11 is 0. The van der Waals surface area contributed by atoms with Gasteiger partial charge in [-0.2, -0.15) is 0 Å². The largest absolute Gasteiger partial charge is 0.497 e. The molecule has 2 aromatic carbocycles. The fraction of sp³-hybridized carbons (Fsp3) is 0.381. The molecule has 0 aromatic heterocycles. The van der Waals surface area contributed by atoms with Gasteiger partial charge in [0, 0.05) is 50.2 Å². The molecule has 2 aromatic rings. The van der Waals surface area contributed by atoms with Gasteiger partial charge in [0.1, 0.15) is 11.5 Å². The number of carbonyl (C=O) groups excluding carboxylic acids is 1. The third kappa shape index (κ3) is 5.79. The SMILES string of the molecule is COc1cc(NC(=O)NCC(c2ccc(N(C)C)cc2)N(C)C)cc(OC)c1. The number of urea groups is 1. The monoisotopic (exact) mass is 386 g/mol. The van der Waals surface area contributed by atoms with Crippen LogP contribution in [0.3, 0.4) is 0 Å². The Kier molecular flexibility index (Phi) is 7.52. The van der Waals surface area contributed by atoms with Crippen LogP contribution in [0.5, 0.6) is 11.5 Å². The van der Waals surface area contributed by atoms with Gasteiger partial charge in [-0.1, -0.05) is 12.1 Å². The quantitative estimate of drug-likeness (QED) is 0.729. The average molecular weight is 386 g/mol. The average Bonchev–Trinajstić information content (AvgIpc) is 2.67. The summed E-state index contributed by atoms with van der Waals surface area (Å²) in [5.41, 5.74) is 2.88. The van der Waals surface area contributed by atoms with E-state index in [1.54, 1.807) is 32.4 Å². The highest BCUT2D eigenvalue weighted by atomic mass is 16.5. The second-order valence-corrected chi connectivity index (χ2v) is 6.90. The predicted molar refractivity (Wildman–Crippen MR) is 114 cm³/mol. The topological polar surface area (TPSA) is 66.1 Å². The van der Waals surface area contributed by atoms with E-state index in [4.69, 9.17) is 9.47 Å². The van der Waals surface area contributed by atoms with Gasteiger partial charge in [-0.15, -0.1) is 0 Å². The van der Waals surface area contributed by atoms with Gasteiger partial charge in [-0.25, -0.2) is 4.79 Å². The summed E-state index contributed by atoms with van der Waals surface area (Å²) in [4.78, 5) is 16.5. The van der Waals surface area contributed by atoms with Crippen molar-refractivity contribution in [3.63, 3.8) is 0 Å². The van der Waals surface area contributed by atoms with Gasteiger partial charge in [-0.05, 0) is 31.8 Å². The highest BCUT2D eigenvalue weighted by Gasteiger charge is 2.16. The molecular formula is C21H30N4O3. The smallest absolute Gasteiger partial charge is 0.319 e. The van der Waals surface area contributed by atoms with E-state index in [0.717, 1.165) is 11.3 Å². The summed E-state index contributed by atoms with van der Waals surface area (Å²) in [5.74, 6) is 1.23. The van der Waals surface area contributed by atoms with Crippen molar-refractivity contribution < 1.29 is 14.3 Å². The first-order valence-corrected chi connectivity index (χ1v) is 9.05. The van der Waals surface area contributed by atoms with E-state index in [2.05, 4.69) is 44.7 Å². The molecule has 2 N–H and O–H groups in total. The lowest BCUT2D eigenvalue weighted by Gasteiger charge is -2.26. The lowest BCUT2D eigenvalue weighted by molar-refractivity contribution is 0.243. The van der Waals surface area contributed by atoms with Gasteiger partial charge < -0.3 is 29.9 Å². The highest BCUT2D eigenvalue weighted by Crippen LogP contribution is 2.26. The van der Waals surface area contributed by atoms with E-state index in [-0.39, 0.29) is 12.1 Å². The van der Waals surface area contributed by atoms with Crippen molar-refractivity contribution in [3.8, 4) is 11.5 Å². The first kappa shape index (κ1) is 21.4. The molecule has 1 unspecified atom stereocenters. The fourth-order valence-electron chi connectivity index (χ4n) is 2.84. The van der Waals surface area contributed by atoms with Gasteiger partial charge in [0.2, 0.25) is 0 Å². The normalized spacial score (nSPS) is 11.7. The summed E-state index contributed by atoms with van der Waals surface area (Å²) in [6.07, 6.45) is 0. The minimum Gasteiger partial charge on any atom is -0.497 e. The molecule has 0 heterocycles. The van der Waals surface area contributed by atoms with Crippen LogP contribution in [0.2, 0.25) is 0 Å². The Hall–Kier alpha value is -2.93. The molecular weight excluding hydrogens is 356 g/mol. The van der Waals surface area contributed by atoms with E-state index >= 15 is 0 Å². The van der Waals surface area contributed by atoms with Crippen molar-refractivity contribution in [2.75, 3.05) is 59.2 Å². The Bertz CT molecular complexity index is 753. The van der Waals surface area contributed by atoms with Crippen molar-refractivity contribution in [2.24, 2.45) is 0 Å². The van der Waals surface area contributed by atoms with Crippen molar-refractivity contribution >= 4 is 17.4 Å². The zero-order chi connectivity index (χ0) is 20.7. The van der Waals surface area contributed by atoms with Gasteiger partial charge >= 0.3 is 6.03 Å². The molecule has 0 bridgehead atoms. The minimum absolute atomic E-state index is 0.0572. The lowest BCUT2D eigenvalue weighted by Crippen LogP contribution is -2.36. The number of likely N-dealkylation sites (N-methyl/N-ethyl adjacent to an activating group) is 1. The van der Waals surface area contributed by atoms with Crippen LogP contribution in [-0.2, 0) is 0 Å². The molecule has 7 nitrogen and oxygen atoms in total. The second kappa shape index (κ2) is 9.85. The van der Waals surface area contributed by atoms with E-state index in [1.807, 2.05) is 28.2 Å². The molecule has 0 aliphatic carbocycles. The van der Waals surface area contributed by atoms with Crippen LogP contribution < -0.4 is 25.0 Å². The molecule has 0 aliphatic rings. The molecule has 0 spiro atoms. The summed E-state index contributed by atoms with van der Waals surface area (Å²) in [6, 6.07) is 13.3. The van der Waals surface area contributed by atoms with E-state index < -0.39 is 0 Å². The number of methoxy groups -OCH3 is 2. The summed E-state index contributed by atoms with van der Waals surface area (Å²) in [5, 5.41) is 5.77. The fourth-order valence-corrected chi connectivity index (χ4v) is 2.84. The number of benzene rings is 2. The number of carbonyl (C=O) groups is 1. The number of anilines is 2. The van der Waals surface area contributed by atoms with Crippen molar-refractivity contribution in [2.45, 2.75) is 6.04 Å². The highest BCUT2D eigenvalue weighted by molar-refractivity contribution is 5.89. The van der Waals surface area contributed by atoms with Crippen LogP contribution in [0, 0.1) is 0 Å². The molecule has 2 amide bonds. The van der Waals surface area contributed by atoms with Crippen LogP contribution in [0.15, 0.2) is 42.5 Å². The zero-order valence-electron chi connectivity index (χ0n) is 17.4. The van der Waals surface area contributed by atoms with Crippen molar-refractivity contribution in [1.82, 2.24) is 10.2 Å². The maximum atomic E-state index is 12.4. The van der Waals surface area contributed by atoms with E-state index in [9.17, 15) is 4.79 Å². The maximum absolute atomic E-state index is 12.4.